The van der Waals surface area contributed by atoms with Gasteiger partial charge in [0.25, 0.3) is 0 Å². The quantitative estimate of drug-likeness (QED) is 0.240. The number of amides is 2. The molecule has 1 N–H and O–H groups in total. The van der Waals surface area contributed by atoms with Gasteiger partial charge in [-0.25, -0.2) is 14.8 Å². The Morgan fingerprint density at radius 3 is 2.46 bits per heavy atom. The first kappa shape index (κ1) is 35.8. The lowest BCUT2D eigenvalue weighted by Gasteiger charge is -2.35. The van der Waals surface area contributed by atoms with Crippen molar-refractivity contribution < 1.29 is 24.2 Å². The summed E-state index contributed by atoms with van der Waals surface area (Å²) in [6.45, 7) is 7.65. The van der Waals surface area contributed by atoms with E-state index in [1.807, 2.05) is 54.2 Å². The highest BCUT2D eigenvalue weighted by Crippen LogP contribution is 2.38. The van der Waals surface area contributed by atoms with Crippen LogP contribution in [-0.4, -0.2) is 80.7 Å². The third-order valence-corrected chi connectivity index (χ3v) is 11.2. The monoisotopic (exact) mass is 686 g/mol. The van der Waals surface area contributed by atoms with Crippen molar-refractivity contribution in [3.63, 3.8) is 0 Å². The summed E-state index contributed by atoms with van der Waals surface area (Å²) in [6, 6.07) is 6.03. The zero-order valence-electron chi connectivity index (χ0n) is 30.2. The van der Waals surface area contributed by atoms with E-state index in [4.69, 9.17) is 14.5 Å². The summed E-state index contributed by atoms with van der Waals surface area (Å²) in [5, 5.41) is 14.8. The summed E-state index contributed by atoms with van der Waals surface area (Å²) in [6.07, 6.45) is 17.8. The molecule has 11 nitrogen and oxygen atoms in total. The Balaban J connectivity index is 1.11. The largest absolute Gasteiger partial charge is 0.481 e. The normalized spacial score (nSPS) is 21.7. The van der Waals surface area contributed by atoms with Crippen molar-refractivity contribution in [3.8, 4) is 17.0 Å². The molecule has 0 aromatic carbocycles. The molecule has 1 aliphatic heterocycles. The molecule has 11 heteroatoms. The maximum atomic E-state index is 14.2. The highest BCUT2D eigenvalue weighted by molar-refractivity contribution is 5.94. The van der Waals surface area contributed by atoms with Gasteiger partial charge in [0.05, 0.1) is 24.9 Å². The molecule has 3 aliphatic rings. The van der Waals surface area contributed by atoms with Gasteiger partial charge in [-0.15, -0.1) is 0 Å². The lowest BCUT2D eigenvalue weighted by Crippen LogP contribution is -2.45. The van der Waals surface area contributed by atoms with Gasteiger partial charge in [-0.05, 0) is 113 Å². The minimum absolute atomic E-state index is 0.0447. The molecular formula is C39H54N6O5. The number of aryl methyl sites for hydroxylation is 1. The minimum atomic E-state index is -0.724. The smallest absolute Gasteiger partial charge is 0.409 e. The van der Waals surface area contributed by atoms with Crippen LogP contribution in [0.3, 0.4) is 0 Å². The van der Waals surface area contributed by atoms with Crippen molar-refractivity contribution in [2.45, 2.75) is 109 Å². The molecule has 3 aromatic heterocycles. The number of carbonyl (C=O) groups is 2. The average molecular weight is 687 g/mol. The number of ether oxygens (including phenoxy) is 2. The molecule has 0 radical (unpaired) electrons. The maximum Gasteiger partial charge on any atom is 0.409 e. The van der Waals surface area contributed by atoms with Crippen molar-refractivity contribution in [2.24, 2.45) is 11.8 Å². The van der Waals surface area contributed by atoms with Crippen LogP contribution in [0.2, 0.25) is 0 Å². The zero-order chi connectivity index (χ0) is 35.3. The molecule has 3 aromatic rings. The number of methoxy groups -OCH3 is 1. The van der Waals surface area contributed by atoms with E-state index in [0.717, 1.165) is 68.1 Å². The van der Waals surface area contributed by atoms with Crippen molar-refractivity contribution in [1.29, 1.82) is 0 Å². The molecule has 4 heterocycles. The van der Waals surface area contributed by atoms with Crippen molar-refractivity contribution >= 4 is 17.8 Å². The first-order valence-corrected chi connectivity index (χ1v) is 18.6. The molecule has 6 rings (SSSR count). The number of nitrogens with zero attached hydrogens (tertiary/aromatic N) is 6. The molecule has 50 heavy (non-hydrogen) atoms. The Hall–Kier alpha value is -3.99. The summed E-state index contributed by atoms with van der Waals surface area (Å²) in [5.74, 6) is 2.50. The molecule has 1 atom stereocenters. The van der Waals surface area contributed by atoms with Crippen molar-refractivity contribution in [3.05, 3.63) is 54.1 Å². The average Bonchev–Trinajstić information content (AvgIpc) is 3.64. The highest BCUT2D eigenvalue weighted by atomic mass is 16.6. The number of carbonyl (C=O) groups excluding carboxylic acids is 2. The van der Waals surface area contributed by atoms with Crippen molar-refractivity contribution in [1.82, 2.24) is 24.6 Å². The molecule has 1 saturated heterocycles. The zero-order valence-corrected chi connectivity index (χ0v) is 30.2. The van der Waals surface area contributed by atoms with Gasteiger partial charge in [-0.3, -0.25) is 14.4 Å². The fourth-order valence-electron chi connectivity index (χ4n) is 7.83. The van der Waals surface area contributed by atoms with Crippen LogP contribution in [0, 0.1) is 18.8 Å². The van der Waals surface area contributed by atoms with Gasteiger partial charge in [0, 0.05) is 55.3 Å². The SMILES string of the molecule is COc1ncc(C2CCC(CN(C(=O)C3CCCCC3)c3cc(-c4cnn(C(C)COC(=O)N5CCC(C)(O)CC5)c4)ccn3)CC2)cc1C. The van der Waals surface area contributed by atoms with Gasteiger partial charge in [0.1, 0.15) is 12.4 Å². The number of aliphatic hydroxyl groups is 1. The Kier molecular flexibility index (Phi) is 11.4. The number of anilines is 1. The van der Waals surface area contributed by atoms with Gasteiger partial charge in [0.2, 0.25) is 11.8 Å². The maximum absolute atomic E-state index is 14.2. The first-order chi connectivity index (χ1) is 24.1. The first-order valence-electron chi connectivity index (χ1n) is 18.6. The third-order valence-electron chi connectivity index (χ3n) is 11.2. The number of pyridine rings is 2. The second kappa shape index (κ2) is 15.9. The second-order valence-electron chi connectivity index (χ2n) is 15.1. The molecule has 1 unspecified atom stereocenters. The number of piperidine rings is 1. The summed E-state index contributed by atoms with van der Waals surface area (Å²) >= 11 is 0. The van der Waals surface area contributed by atoms with Crippen LogP contribution in [0.25, 0.3) is 11.1 Å². The van der Waals surface area contributed by atoms with E-state index in [1.54, 1.807) is 25.1 Å². The standard InChI is InChI=1S/C39H54N6O5/c1-27-20-33(22-41-36(27)49-4)30-12-10-29(11-13-30)24-44(37(46)31-8-6-5-7-9-31)35-21-32(14-17-40-35)34-23-42-45(25-34)28(2)26-50-38(47)43-18-15-39(3,48)16-19-43/h14,17,20-23,25,28-31,48H,5-13,15-16,18-19,24,26H2,1-4H3. The summed E-state index contributed by atoms with van der Waals surface area (Å²) < 4.78 is 12.8. The van der Waals surface area contributed by atoms with E-state index in [1.165, 1.54) is 12.0 Å². The Morgan fingerprint density at radius 1 is 1.02 bits per heavy atom. The topological polar surface area (TPSA) is 123 Å². The van der Waals surface area contributed by atoms with Crippen LogP contribution in [0.5, 0.6) is 5.88 Å². The number of hydrogen-bond acceptors (Lipinski definition) is 8. The van der Waals surface area contributed by atoms with Crippen LogP contribution in [-0.2, 0) is 9.53 Å². The molecule has 0 spiro atoms. The molecule has 270 valence electrons. The van der Waals surface area contributed by atoms with E-state index >= 15 is 0 Å². The predicted octanol–water partition coefficient (Wildman–Crippen LogP) is 7.09. The molecule has 3 fully saturated rings. The fraction of sp³-hybridized carbons (Fsp3) is 0.615. The number of rotatable bonds is 10. The van der Waals surface area contributed by atoms with Gasteiger partial charge < -0.3 is 19.5 Å². The lowest BCUT2D eigenvalue weighted by molar-refractivity contribution is -0.123. The molecule has 2 saturated carbocycles. The minimum Gasteiger partial charge on any atom is -0.481 e. The highest BCUT2D eigenvalue weighted by Gasteiger charge is 2.33. The van der Waals surface area contributed by atoms with E-state index in [0.29, 0.717) is 56.0 Å². The van der Waals surface area contributed by atoms with Gasteiger partial charge in [0.15, 0.2) is 0 Å². The summed E-state index contributed by atoms with van der Waals surface area (Å²) in [7, 11) is 1.66. The van der Waals surface area contributed by atoms with Gasteiger partial charge in [-0.1, -0.05) is 19.3 Å². The summed E-state index contributed by atoms with van der Waals surface area (Å²) in [5.41, 5.74) is 3.47. The van der Waals surface area contributed by atoms with Crippen LogP contribution >= 0.6 is 0 Å². The second-order valence-corrected chi connectivity index (χ2v) is 15.1. The van der Waals surface area contributed by atoms with Crippen LogP contribution in [0.15, 0.2) is 43.0 Å². The Morgan fingerprint density at radius 2 is 1.76 bits per heavy atom. The van der Waals surface area contributed by atoms with E-state index < -0.39 is 5.60 Å². The van der Waals surface area contributed by atoms with Crippen molar-refractivity contribution in [2.75, 3.05) is 38.3 Å². The van der Waals surface area contributed by atoms with Gasteiger partial charge in [-0.2, -0.15) is 5.10 Å². The fourth-order valence-corrected chi connectivity index (χ4v) is 7.83. The van der Waals surface area contributed by atoms with E-state index in [-0.39, 0.29) is 30.6 Å². The van der Waals surface area contributed by atoms with Crippen LogP contribution < -0.4 is 9.64 Å². The molecular weight excluding hydrogens is 632 g/mol. The number of aromatic nitrogens is 4. The number of likely N-dealkylation sites (tertiary alicyclic amines) is 1. The van der Waals surface area contributed by atoms with Gasteiger partial charge >= 0.3 is 6.09 Å². The Labute approximate surface area is 296 Å². The van der Waals surface area contributed by atoms with E-state index in [9.17, 15) is 14.7 Å². The molecule has 2 amide bonds. The molecule has 0 bridgehead atoms. The predicted molar refractivity (Wildman–Crippen MR) is 192 cm³/mol. The number of hydrogen-bond donors (Lipinski definition) is 1. The summed E-state index contributed by atoms with van der Waals surface area (Å²) in [4.78, 5) is 39.7. The van der Waals surface area contributed by atoms with Crippen LogP contribution in [0.4, 0.5) is 10.6 Å². The molecule has 2 aliphatic carbocycles. The van der Waals surface area contributed by atoms with E-state index in [2.05, 4.69) is 16.1 Å². The third kappa shape index (κ3) is 8.65. The lowest BCUT2D eigenvalue weighted by atomic mass is 9.78. The Bertz CT molecular complexity index is 1600. The van der Waals surface area contributed by atoms with Crippen LogP contribution in [0.1, 0.15) is 108 Å².